The van der Waals surface area contributed by atoms with Crippen molar-refractivity contribution in [1.82, 2.24) is 19.8 Å². The summed E-state index contributed by atoms with van der Waals surface area (Å²) in [5.74, 6) is -1.23. The summed E-state index contributed by atoms with van der Waals surface area (Å²) >= 11 is 0. The normalized spacial score (nSPS) is 13.8. The van der Waals surface area contributed by atoms with Crippen LogP contribution in [0.1, 0.15) is 26.3 Å². The molecule has 1 N–H and O–H groups in total. The van der Waals surface area contributed by atoms with E-state index in [0.717, 1.165) is 22.2 Å². The highest BCUT2D eigenvalue weighted by atomic mass is 16.2. The molecule has 1 aliphatic heterocycles. The number of rotatable bonds is 4. The molecule has 0 atom stereocenters. The van der Waals surface area contributed by atoms with Crippen LogP contribution in [-0.2, 0) is 4.79 Å². The molecule has 3 heterocycles. The molecule has 5 rings (SSSR count). The summed E-state index contributed by atoms with van der Waals surface area (Å²) < 4.78 is 0. The number of amides is 2. The van der Waals surface area contributed by atoms with Crippen molar-refractivity contribution in [2.24, 2.45) is 0 Å². The summed E-state index contributed by atoms with van der Waals surface area (Å²) in [7, 11) is 0. The Kier molecular flexibility index (Phi) is 5.67. The van der Waals surface area contributed by atoms with Crippen LogP contribution < -0.4 is 0 Å². The van der Waals surface area contributed by atoms with Crippen LogP contribution in [0.15, 0.2) is 73.1 Å². The quantitative estimate of drug-likeness (QED) is 0.378. The first-order chi connectivity index (χ1) is 16.5. The average molecular weight is 453 g/mol. The van der Waals surface area contributed by atoms with Gasteiger partial charge >= 0.3 is 0 Å². The number of aromatic amines is 1. The molecular formula is C27H24N4O3. The molecule has 170 valence electrons. The van der Waals surface area contributed by atoms with Crippen molar-refractivity contribution in [3.05, 3.63) is 89.7 Å². The highest BCUT2D eigenvalue weighted by Crippen LogP contribution is 2.29. The predicted octanol–water partition coefficient (Wildman–Crippen LogP) is 3.71. The minimum Gasteiger partial charge on any atom is -0.359 e. The summed E-state index contributed by atoms with van der Waals surface area (Å²) in [6.45, 7) is 3.42. The number of aryl methyl sites for hydroxylation is 1. The third-order valence-corrected chi connectivity index (χ3v) is 6.24. The zero-order chi connectivity index (χ0) is 23.7. The number of carbonyl (C=O) groups excluding carboxylic acids is 3. The Balaban J connectivity index is 1.32. The van der Waals surface area contributed by atoms with Gasteiger partial charge in [-0.25, -0.2) is 0 Å². The number of pyridine rings is 1. The van der Waals surface area contributed by atoms with Crippen LogP contribution in [0.2, 0.25) is 0 Å². The van der Waals surface area contributed by atoms with Gasteiger partial charge < -0.3 is 14.8 Å². The monoisotopic (exact) mass is 452 g/mol. The van der Waals surface area contributed by atoms with Crippen molar-refractivity contribution in [1.29, 1.82) is 0 Å². The van der Waals surface area contributed by atoms with Gasteiger partial charge in [0, 0.05) is 49.7 Å². The molecule has 4 aromatic rings. The van der Waals surface area contributed by atoms with Gasteiger partial charge in [0.15, 0.2) is 0 Å². The van der Waals surface area contributed by atoms with Crippen LogP contribution in [0.4, 0.5) is 0 Å². The number of carbonyl (C=O) groups is 3. The lowest BCUT2D eigenvalue weighted by Crippen LogP contribution is -2.52. The number of nitrogens with one attached hydrogen (secondary N) is 1. The number of Topliss-reactive ketones (excluding diaryl/α,β-unsaturated/α-hetero) is 1. The molecule has 0 unspecified atom stereocenters. The lowest BCUT2D eigenvalue weighted by molar-refractivity contribution is -0.127. The van der Waals surface area contributed by atoms with Gasteiger partial charge in [-0.1, -0.05) is 48.0 Å². The van der Waals surface area contributed by atoms with E-state index in [1.54, 1.807) is 29.4 Å². The summed E-state index contributed by atoms with van der Waals surface area (Å²) in [6.07, 6.45) is 3.21. The van der Waals surface area contributed by atoms with E-state index < -0.39 is 11.7 Å². The minimum atomic E-state index is -0.595. The van der Waals surface area contributed by atoms with E-state index >= 15 is 0 Å². The summed E-state index contributed by atoms with van der Waals surface area (Å²) in [4.78, 5) is 49.5. The maximum Gasteiger partial charge on any atom is 0.295 e. The Bertz CT molecular complexity index is 1370. The van der Waals surface area contributed by atoms with Gasteiger partial charge in [0.05, 0.1) is 16.6 Å². The second kappa shape index (κ2) is 8.94. The number of ketones is 1. The number of aromatic nitrogens is 2. The second-order valence-corrected chi connectivity index (χ2v) is 8.43. The molecule has 7 heteroatoms. The molecule has 1 aliphatic rings. The van der Waals surface area contributed by atoms with Crippen molar-refractivity contribution in [3.8, 4) is 11.1 Å². The molecule has 0 spiro atoms. The Morgan fingerprint density at radius 2 is 1.53 bits per heavy atom. The molecule has 34 heavy (non-hydrogen) atoms. The molecule has 0 bridgehead atoms. The first-order valence-electron chi connectivity index (χ1n) is 11.2. The van der Waals surface area contributed by atoms with E-state index in [-0.39, 0.29) is 11.5 Å². The lowest BCUT2D eigenvalue weighted by atomic mass is 10.0. The number of nitrogens with zero attached hydrogens (tertiary/aromatic N) is 3. The van der Waals surface area contributed by atoms with E-state index in [1.807, 2.05) is 55.5 Å². The number of hydrogen-bond acceptors (Lipinski definition) is 4. The van der Waals surface area contributed by atoms with Gasteiger partial charge in [-0.2, -0.15) is 0 Å². The third-order valence-electron chi connectivity index (χ3n) is 6.24. The smallest absolute Gasteiger partial charge is 0.295 e. The molecule has 2 amide bonds. The van der Waals surface area contributed by atoms with E-state index in [4.69, 9.17) is 0 Å². The number of H-pyrrole nitrogens is 1. The van der Waals surface area contributed by atoms with Gasteiger partial charge in [0.1, 0.15) is 0 Å². The highest BCUT2D eigenvalue weighted by molar-refractivity contribution is 6.44. The zero-order valence-corrected chi connectivity index (χ0v) is 18.8. The topological polar surface area (TPSA) is 86.4 Å². The molecule has 1 saturated heterocycles. The summed E-state index contributed by atoms with van der Waals surface area (Å²) in [5, 5.41) is 0. The molecule has 0 aliphatic carbocycles. The molecule has 0 radical (unpaired) electrons. The lowest BCUT2D eigenvalue weighted by Gasteiger charge is -2.34. The van der Waals surface area contributed by atoms with Crippen molar-refractivity contribution in [3.63, 3.8) is 0 Å². The Morgan fingerprint density at radius 3 is 2.24 bits per heavy atom. The number of fused-ring (bicyclic) bond motifs is 1. The van der Waals surface area contributed by atoms with E-state index in [2.05, 4.69) is 9.97 Å². The zero-order valence-electron chi connectivity index (χ0n) is 18.8. The van der Waals surface area contributed by atoms with Crippen molar-refractivity contribution >= 4 is 28.6 Å². The SMILES string of the molecule is Cc1ccc(-c2ccnc3c(C(=O)C(=O)N4CCN(C(=O)c5ccccc5)CC4)c[nH]c23)cc1. The van der Waals surface area contributed by atoms with Crippen LogP contribution in [0.3, 0.4) is 0 Å². The first-order valence-corrected chi connectivity index (χ1v) is 11.2. The standard InChI is InChI=1S/C27H24N4O3/c1-18-7-9-19(10-8-18)21-11-12-28-24-22(17-29-23(21)24)25(32)27(34)31-15-13-30(14-16-31)26(33)20-5-3-2-4-6-20/h2-12,17,29H,13-16H2,1H3. The van der Waals surface area contributed by atoms with E-state index in [9.17, 15) is 14.4 Å². The maximum atomic E-state index is 13.1. The number of benzene rings is 2. The average Bonchev–Trinajstić information content (AvgIpc) is 3.33. The second-order valence-electron chi connectivity index (χ2n) is 8.43. The van der Waals surface area contributed by atoms with Crippen molar-refractivity contribution in [2.75, 3.05) is 26.2 Å². The fourth-order valence-corrected chi connectivity index (χ4v) is 4.31. The minimum absolute atomic E-state index is 0.0662. The third kappa shape index (κ3) is 3.96. The van der Waals surface area contributed by atoms with Crippen molar-refractivity contribution < 1.29 is 14.4 Å². The molecule has 2 aromatic heterocycles. The fraction of sp³-hybridized carbons (Fsp3) is 0.185. The maximum absolute atomic E-state index is 13.1. The Morgan fingerprint density at radius 1 is 0.853 bits per heavy atom. The molecular weight excluding hydrogens is 428 g/mol. The van der Waals surface area contributed by atoms with Gasteiger partial charge in [-0.05, 0) is 30.7 Å². The fourth-order valence-electron chi connectivity index (χ4n) is 4.31. The Labute approximate surface area is 197 Å². The highest BCUT2D eigenvalue weighted by Gasteiger charge is 2.30. The molecule has 7 nitrogen and oxygen atoms in total. The van der Waals surface area contributed by atoms with Crippen LogP contribution in [-0.4, -0.2) is 63.5 Å². The first kappa shape index (κ1) is 21.6. The van der Waals surface area contributed by atoms with E-state index in [0.29, 0.717) is 37.3 Å². The van der Waals surface area contributed by atoms with Crippen LogP contribution >= 0.6 is 0 Å². The van der Waals surface area contributed by atoms with Crippen LogP contribution in [0.5, 0.6) is 0 Å². The van der Waals surface area contributed by atoms with Gasteiger partial charge in [-0.15, -0.1) is 0 Å². The summed E-state index contributed by atoms with van der Waals surface area (Å²) in [5.41, 5.74) is 5.17. The van der Waals surface area contributed by atoms with Crippen LogP contribution in [0.25, 0.3) is 22.2 Å². The molecule has 0 saturated carbocycles. The predicted molar refractivity (Wildman–Crippen MR) is 130 cm³/mol. The van der Waals surface area contributed by atoms with Gasteiger partial charge in [-0.3, -0.25) is 19.4 Å². The van der Waals surface area contributed by atoms with Gasteiger partial charge in [0.2, 0.25) is 0 Å². The number of piperazine rings is 1. The van der Waals surface area contributed by atoms with Crippen molar-refractivity contribution in [2.45, 2.75) is 6.92 Å². The Hall–Kier alpha value is -4.26. The molecule has 2 aromatic carbocycles. The van der Waals surface area contributed by atoms with E-state index in [1.165, 1.54) is 4.90 Å². The molecule has 1 fully saturated rings. The van der Waals surface area contributed by atoms with Gasteiger partial charge in [0.25, 0.3) is 17.6 Å². The number of hydrogen-bond donors (Lipinski definition) is 1. The largest absolute Gasteiger partial charge is 0.359 e. The summed E-state index contributed by atoms with van der Waals surface area (Å²) in [6, 6.07) is 19.1. The van der Waals surface area contributed by atoms with Crippen LogP contribution in [0, 0.1) is 6.92 Å².